The van der Waals surface area contributed by atoms with Gasteiger partial charge in [0.1, 0.15) is 11.9 Å². The smallest absolute Gasteiger partial charge is 0.255 e. The molecular weight excluding hydrogens is 699 g/mol. The van der Waals surface area contributed by atoms with E-state index in [1.54, 1.807) is 11.0 Å². The molecule has 2 N–H and O–H groups in total. The highest BCUT2D eigenvalue weighted by atomic mass is 127. The molecule has 4 aliphatic heterocycles. The molecule has 46 heavy (non-hydrogen) atoms. The number of pyridine rings is 1. The Morgan fingerprint density at radius 2 is 1.78 bits per heavy atom. The quantitative estimate of drug-likeness (QED) is 0.279. The third-order valence-electron chi connectivity index (χ3n) is 9.75. The summed E-state index contributed by atoms with van der Waals surface area (Å²) in [6.07, 6.45) is 9.84. The average Bonchev–Trinajstić information content (AvgIpc) is 3.69. The Hall–Kier alpha value is -4.01. The number of nitrogens with zero attached hydrogens (tertiary/aromatic N) is 6. The molecule has 2 aromatic heterocycles. The standard InChI is InChI=1S/C33H37IN8O4/c34-23-4-6-29(36-18-23)39-12-8-22(9-13-39)32(45)40-14-10-24(11-15-40)42-19-21(17-37-42)16-35-27-3-1-2-25-26(27)20-41(33(25)46)28-5-7-30(43)38-31(28)44/h1-4,6,17-19,22,24,28,35H,5,7-16,20H2,(H,38,43,44). The minimum Gasteiger partial charge on any atom is -0.381 e. The first-order chi connectivity index (χ1) is 22.3. The van der Waals surface area contributed by atoms with E-state index in [4.69, 9.17) is 0 Å². The number of imide groups is 1. The van der Waals surface area contributed by atoms with Crippen molar-refractivity contribution in [3.05, 3.63) is 69.2 Å². The number of likely N-dealkylation sites (tertiary alicyclic amines) is 1. The van der Waals surface area contributed by atoms with E-state index >= 15 is 0 Å². The van der Waals surface area contributed by atoms with Crippen LogP contribution in [-0.4, -0.2) is 80.4 Å². The number of carbonyl (C=O) groups is 4. The fourth-order valence-corrected chi connectivity index (χ4v) is 7.46. The van der Waals surface area contributed by atoms with Crippen molar-refractivity contribution >= 4 is 57.7 Å². The molecule has 6 heterocycles. The van der Waals surface area contributed by atoms with Gasteiger partial charge in [-0.15, -0.1) is 0 Å². The molecule has 4 amide bonds. The summed E-state index contributed by atoms with van der Waals surface area (Å²) in [4.78, 5) is 61.0. The topological polar surface area (TPSA) is 133 Å². The second kappa shape index (κ2) is 13.0. The van der Waals surface area contributed by atoms with Crippen LogP contribution in [0, 0.1) is 9.49 Å². The van der Waals surface area contributed by atoms with Gasteiger partial charge in [0.25, 0.3) is 5.91 Å². The lowest BCUT2D eigenvalue weighted by Crippen LogP contribution is -2.52. The zero-order valence-corrected chi connectivity index (χ0v) is 27.7. The molecule has 3 saturated heterocycles. The van der Waals surface area contributed by atoms with Crippen molar-refractivity contribution in [3.8, 4) is 0 Å². The van der Waals surface area contributed by atoms with Crippen molar-refractivity contribution < 1.29 is 19.2 Å². The van der Waals surface area contributed by atoms with Crippen molar-refractivity contribution in [2.45, 2.75) is 63.7 Å². The highest BCUT2D eigenvalue weighted by Crippen LogP contribution is 2.33. The van der Waals surface area contributed by atoms with E-state index in [-0.39, 0.29) is 36.1 Å². The summed E-state index contributed by atoms with van der Waals surface area (Å²) in [5, 5.41) is 10.5. The van der Waals surface area contributed by atoms with Crippen LogP contribution in [0.3, 0.4) is 0 Å². The first-order valence-electron chi connectivity index (χ1n) is 16.0. The number of hydrogen-bond acceptors (Lipinski definition) is 8. The predicted molar refractivity (Wildman–Crippen MR) is 179 cm³/mol. The van der Waals surface area contributed by atoms with Crippen LogP contribution >= 0.6 is 22.6 Å². The monoisotopic (exact) mass is 736 g/mol. The van der Waals surface area contributed by atoms with Crippen LogP contribution in [0.2, 0.25) is 0 Å². The van der Waals surface area contributed by atoms with Crippen molar-refractivity contribution in [1.29, 1.82) is 0 Å². The van der Waals surface area contributed by atoms with Crippen LogP contribution in [0.4, 0.5) is 11.5 Å². The highest BCUT2D eigenvalue weighted by molar-refractivity contribution is 14.1. The van der Waals surface area contributed by atoms with Crippen molar-refractivity contribution in [3.63, 3.8) is 0 Å². The molecule has 12 nitrogen and oxygen atoms in total. The van der Waals surface area contributed by atoms with Crippen molar-refractivity contribution in [2.75, 3.05) is 36.4 Å². The van der Waals surface area contributed by atoms with Crippen molar-refractivity contribution in [2.24, 2.45) is 5.92 Å². The SMILES string of the molecule is O=C1CCC(N2Cc3c(NCc4cnn(C5CCN(C(=O)C6CCN(c7ccc(I)cn7)CC6)CC5)c4)cccc3C2=O)C(=O)N1. The zero-order valence-electron chi connectivity index (χ0n) is 25.5. The van der Waals surface area contributed by atoms with Crippen molar-refractivity contribution in [1.82, 2.24) is 29.9 Å². The molecule has 4 aliphatic rings. The predicted octanol–water partition coefficient (Wildman–Crippen LogP) is 3.34. The lowest BCUT2D eigenvalue weighted by atomic mass is 9.93. The number of fused-ring (bicyclic) bond motifs is 1. The van der Waals surface area contributed by atoms with E-state index in [9.17, 15) is 19.2 Å². The zero-order chi connectivity index (χ0) is 31.8. The minimum atomic E-state index is -0.639. The molecule has 0 saturated carbocycles. The molecular formula is C33H37IN8O4. The van der Waals surface area contributed by atoms with Gasteiger partial charge in [-0.05, 0) is 79.0 Å². The Labute approximate surface area is 281 Å². The number of carbonyl (C=O) groups excluding carboxylic acids is 4. The summed E-state index contributed by atoms with van der Waals surface area (Å²) in [5.41, 5.74) is 3.32. The number of rotatable bonds is 7. The molecule has 13 heteroatoms. The number of benzene rings is 1. The number of nitrogens with one attached hydrogen (secondary N) is 2. The molecule has 0 bridgehead atoms. The molecule has 7 rings (SSSR count). The van der Waals surface area contributed by atoms with E-state index in [1.165, 1.54) is 0 Å². The van der Waals surface area contributed by atoms with Gasteiger partial charge in [-0.2, -0.15) is 5.10 Å². The molecule has 1 unspecified atom stereocenters. The van der Waals surface area contributed by atoms with E-state index in [1.807, 2.05) is 34.1 Å². The molecule has 1 atom stereocenters. The van der Waals surface area contributed by atoms with Gasteiger partial charge in [-0.25, -0.2) is 4.98 Å². The van der Waals surface area contributed by atoms with E-state index in [0.717, 1.165) is 78.1 Å². The lowest BCUT2D eigenvalue weighted by molar-refractivity contribution is -0.138. The largest absolute Gasteiger partial charge is 0.381 e. The Balaban J connectivity index is 0.899. The van der Waals surface area contributed by atoms with Crippen LogP contribution in [-0.2, 0) is 27.5 Å². The van der Waals surface area contributed by atoms with Gasteiger partial charge in [0.2, 0.25) is 17.7 Å². The molecule has 240 valence electrons. The van der Waals surface area contributed by atoms with Gasteiger partial charge in [0.15, 0.2) is 0 Å². The summed E-state index contributed by atoms with van der Waals surface area (Å²) in [5.74, 6) is 0.451. The minimum absolute atomic E-state index is 0.0739. The summed E-state index contributed by atoms with van der Waals surface area (Å²) < 4.78 is 3.14. The van der Waals surface area contributed by atoms with Gasteiger partial charge in [0.05, 0.1) is 12.2 Å². The molecule has 0 radical (unpaired) electrons. The third-order valence-corrected chi connectivity index (χ3v) is 10.4. The Morgan fingerprint density at radius 3 is 2.52 bits per heavy atom. The number of halogens is 1. The van der Waals surface area contributed by atoms with Gasteiger partial charge in [0, 0.05) is 89.9 Å². The summed E-state index contributed by atoms with van der Waals surface area (Å²) in [6.45, 7) is 4.04. The number of aromatic nitrogens is 3. The summed E-state index contributed by atoms with van der Waals surface area (Å²) >= 11 is 2.26. The molecule has 0 aliphatic carbocycles. The summed E-state index contributed by atoms with van der Waals surface area (Å²) in [7, 11) is 0. The Morgan fingerprint density at radius 1 is 0.978 bits per heavy atom. The first kappa shape index (κ1) is 30.6. The van der Waals surface area contributed by atoms with Crippen LogP contribution in [0.15, 0.2) is 48.9 Å². The van der Waals surface area contributed by atoms with Crippen LogP contribution in [0.25, 0.3) is 0 Å². The van der Waals surface area contributed by atoms with Crippen LogP contribution < -0.4 is 15.5 Å². The molecule has 3 aromatic rings. The van der Waals surface area contributed by atoms with Crippen LogP contribution in [0.5, 0.6) is 0 Å². The number of amides is 4. The molecule has 0 spiro atoms. The van der Waals surface area contributed by atoms with Gasteiger partial charge >= 0.3 is 0 Å². The van der Waals surface area contributed by atoms with E-state index in [0.29, 0.717) is 25.1 Å². The van der Waals surface area contributed by atoms with Crippen LogP contribution in [0.1, 0.15) is 66.1 Å². The highest BCUT2D eigenvalue weighted by Gasteiger charge is 2.40. The fourth-order valence-electron chi connectivity index (χ4n) is 7.14. The normalized spacial score (nSPS) is 21.0. The van der Waals surface area contributed by atoms with Gasteiger partial charge in [-0.1, -0.05) is 6.07 Å². The number of hydrogen-bond donors (Lipinski definition) is 2. The number of anilines is 2. The van der Waals surface area contributed by atoms with Gasteiger partial charge < -0.3 is 20.0 Å². The summed E-state index contributed by atoms with van der Waals surface area (Å²) in [6, 6.07) is 9.31. The average molecular weight is 737 g/mol. The lowest BCUT2D eigenvalue weighted by Gasteiger charge is -2.37. The Kier molecular flexibility index (Phi) is 8.66. The second-order valence-corrected chi connectivity index (χ2v) is 13.8. The number of piperidine rings is 3. The van der Waals surface area contributed by atoms with Gasteiger partial charge in [-0.3, -0.25) is 29.2 Å². The second-order valence-electron chi connectivity index (χ2n) is 12.6. The first-order valence-corrected chi connectivity index (χ1v) is 17.1. The van der Waals surface area contributed by atoms with E-state index in [2.05, 4.69) is 66.5 Å². The van der Waals surface area contributed by atoms with E-state index < -0.39 is 11.9 Å². The third kappa shape index (κ3) is 6.20. The fraction of sp³-hybridized carbons (Fsp3) is 0.455. The maximum absolute atomic E-state index is 13.4. The maximum Gasteiger partial charge on any atom is 0.255 e. The molecule has 3 fully saturated rings. The maximum atomic E-state index is 13.4. The Bertz CT molecular complexity index is 1640. The molecule has 1 aromatic carbocycles.